The molecule has 2 atom stereocenters. The fourth-order valence-electron chi connectivity index (χ4n) is 4.52. The summed E-state index contributed by atoms with van der Waals surface area (Å²) in [7, 11) is 0. The van der Waals surface area contributed by atoms with E-state index in [9.17, 15) is 9.59 Å². The molecule has 0 saturated heterocycles. The van der Waals surface area contributed by atoms with E-state index in [1.165, 1.54) is 11.3 Å². The minimum Gasteiger partial charge on any atom is -0.301 e. The summed E-state index contributed by atoms with van der Waals surface area (Å²) in [5.41, 5.74) is 3.87. The number of hydrogen-bond acceptors (Lipinski definition) is 5. The molecule has 0 radical (unpaired) electrons. The second-order valence-electron chi connectivity index (χ2n) is 7.88. The highest BCUT2D eigenvalue weighted by molar-refractivity contribution is 7.22. The van der Waals surface area contributed by atoms with Crippen LogP contribution in [-0.2, 0) is 9.59 Å². The lowest BCUT2D eigenvalue weighted by molar-refractivity contribution is -0.119. The van der Waals surface area contributed by atoms with Crippen LogP contribution in [0.3, 0.4) is 0 Å². The van der Waals surface area contributed by atoms with Crippen LogP contribution >= 0.6 is 22.9 Å². The number of ketones is 1. The third-order valence-electron chi connectivity index (χ3n) is 5.85. The molecule has 1 N–H and O–H groups in total. The van der Waals surface area contributed by atoms with Gasteiger partial charge in [-0.25, -0.2) is 4.98 Å². The van der Waals surface area contributed by atoms with Crippen molar-refractivity contribution in [3.63, 3.8) is 0 Å². The van der Waals surface area contributed by atoms with E-state index >= 15 is 0 Å². The summed E-state index contributed by atoms with van der Waals surface area (Å²) < 4.78 is 1.01. The molecule has 1 aliphatic heterocycles. The van der Waals surface area contributed by atoms with Crippen LogP contribution in [0.1, 0.15) is 37.7 Å². The van der Waals surface area contributed by atoms with Crippen LogP contribution in [0.15, 0.2) is 64.8 Å². The molecule has 0 fully saturated rings. The van der Waals surface area contributed by atoms with Gasteiger partial charge in [0.2, 0.25) is 5.91 Å². The van der Waals surface area contributed by atoms with Crippen molar-refractivity contribution in [1.29, 1.82) is 0 Å². The molecular weight excluding hydrogens is 430 g/mol. The molecule has 3 aromatic rings. The molecule has 0 bridgehead atoms. The normalized spacial score (nSPS) is 21.1. The standard InChI is InChI=1S/C24H20ClN3O2S/c1-13-20(23(30)28-24-27-16-8-2-3-11-19(16)31-24)21(14-6-4-7-15(25)12-14)22-17(26-13)9-5-10-18(22)29/h2-4,6-8,11-12,20-21H,5,9-10H2,1H3,(H,27,28,30). The molecule has 156 valence electrons. The first-order chi connectivity index (χ1) is 15.0. The third-order valence-corrected chi connectivity index (χ3v) is 7.04. The van der Waals surface area contributed by atoms with Gasteiger partial charge in [0.15, 0.2) is 10.9 Å². The number of para-hydroxylation sites is 1. The number of carbonyl (C=O) groups is 2. The lowest BCUT2D eigenvalue weighted by Crippen LogP contribution is -2.39. The van der Waals surface area contributed by atoms with Crippen molar-refractivity contribution in [2.45, 2.75) is 32.1 Å². The Morgan fingerprint density at radius 2 is 2.00 bits per heavy atom. The van der Waals surface area contributed by atoms with Crippen molar-refractivity contribution >= 4 is 55.7 Å². The average molecular weight is 450 g/mol. The molecule has 5 rings (SSSR count). The molecule has 7 heteroatoms. The molecule has 1 aromatic heterocycles. The fraction of sp³-hybridized carbons (Fsp3) is 0.250. The third kappa shape index (κ3) is 3.70. The Kier molecular flexibility index (Phi) is 5.20. The smallest absolute Gasteiger partial charge is 0.235 e. The van der Waals surface area contributed by atoms with Gasteiger partial charge in [-0.1, -0.05) is 47.2 Å². The maximum Gasteiger partial charge on any atom is 0.235 e. The van der Waals surface area contributed by atoms with Gasteiger partial charge in [0.25, 0.3) is 0 Å². The first-order valence-electron chi connectivity index (χ1n) is 10.2. The minimum atomic E-state index is -0.605. The van der Waals surface area contributed by atoms with E-state index in [1.54, 1.807) is 6.07 Å². The number of hydrogen-bond donors (Lipinski definition) is 1. The van der Waals surface area contributed by atoms with Crippen molar-refractivity contribution in [3.8, 4) is 0 Å². The van der Waals surface area contributed by atoms with Crippen LogP contribution in [0.5, 0.6) is 0 Å². The predicted molar refractivity (Wildman–Crippen MR) is 125 cm³/mol. The number of aliphatic imine (C=N–C) groups is 1. The van der Waals surface area contributed by atoms with Gasteiger partial charge in [0.1, 0.15) is 0 Å². The SMILES string of the molecule is CC1=NC2=C(C(=O)CCC2)C(c2cccc(Cl)c2)C1C(=O)Nc1nc2ccccc2s1. The monoisotopic (exact) mass is 449 g/mol. The van der Waals surface area contributed by atoms with Gasteiger partial charge in [-0.05, 0) is 49.6 Å². The Morgan fingerprint density at radius 3 is 2.81 bits per heavy atom. The van der Waals surface area contributed by atoms with Crippen LogP contribution in [0.4, 0.5) is 5.13 Å². The first kappa shape index (κ1) is 20.1. The number of halogens is 1. The Balaban J connectivity index is 1.56. The van der Waals surface area contributed by atoms with E-state index in [0.717, 1.165) is 34.3 Å². The maximum absolute atomic E-state index is 13.5. The van der Waals surface area contributed by atoms with E-state index in [4.69, 9.17) is 16.6 Å². The van der Waals surface area contributed by atoms with Crippen LogP contribution < -0.4 is 5.32 Å². The van der Waals surface area contributed by atoms with Crippen LogP contribution in [0, 0.1) is 5.92 Å². The van der Waals surface area contributed by atoms with Crippen LogP contribution in [-0.4, -0.2) is 22.4 Å². The van der Waals surface area contributed by atoms with E-state index in [1.807, 2.05) is 49.4 Å². The minimum absolute atomic E-state index is 0.0697. The zero-order valence-electron chi connectivity index (χ0n) is 16.9. The van der Waals surface area contributed by atoms with Crippen LogP contribution in [0.25, 0.3) is 10.2 Å². The van der Waals surface area contributed by atoms with Gasteiger partial charge >= 0.3 is 0 Å². The highest BCUT2D eigenvalue weighted by Gasteiger charge is 2.42. The van der Waals surface area contributed by atoms with E-state index in [-0.39, 0.29) is 11.7 Å². The van der Waals surface area contributed by atoms with Crippen molar-refractivity contribution in [2.75, 3.05) is 5.32 Å². The number of nitrogens with one attached hydrogen (secondary N) is 1. The highest BCUT2D eigenvalue weighted by Crippen LogP contribution is 2.44. The van der Waals surface area contributed by atoms with Gasteiger partial charge in [0.05, 0.1) is 16.1 Å². The molecule has 2 unspecified atom stereocenters. The second kappa shape index (κ2) is 8.02. The Hall–Kier alpha value is -2.83. The number of rotatable bonds is 3. The number of aromatic nitrogens is 1. The molecule has 0 spiro atoms. The molecule has 2 aliphatic rings. The zero-order chi connectivity index (χ0) is 21.5. The summed E-state index contributed by atoms with van der Waals surface area (Å²) >= 11 is 7.70. The Labute approximate surface area is 188 Å². The van der Waals surface area contributed by atoms with E-state index < -0.39 is 11.8 Å². The van der Waals surface area contributed by atoms with Gasteiger partial charge in [-0.3, -0.25) is 14.6 Å². The van der Waals surface area contributed by atoms with Crippen molar-refractivity contribution in [1.82, 2.24) is 4.98 Å². The number of nitrogens with zero attached hydrogens (tertiary/aromatic N) is 2. The predicted octanol–water partition coefficient (Wildman–Crippen LogP) is 5.77. The van der Waals surface area contributed by atoms with Gasteiger partial charge in [-0.15, -0.1) is 0 Å². The van der Waals surface area contributed by atoms with Crippen molar-refractivity contribution in [2.24, 2.45) is 10.9 Å². The number of fused-ring (bicyclic) bond motifs is 1. The zero-order valence-corrected chi connectivity index (χ0v) is 18.5. The number of carbonyl (C=O) groups excluding carboxylic acids is 2. The average Bonchev–Trinajstić information content (AvgIpc) is 3.15. The van der Waals surface area contributed by atoms with Gasteiger partial charge in [0, 0.05) is 34.3 Å². The molecule has 5 nitrogen and oxygen atoms in total. The lowest BCUT2D eigenvalue weighted by Gasteiger charge is -2.34. The molecular formula is C24H20ClN3O2S. The van der Waals surface area contributed by atoms with E-state index in [0.29, 0.717) is 27.9 Å². The number of Topliss-reactive ketones (excluding diaryl/α,β-unsaturated/α-hetero) is 1. The molecule has 31 heavy (non-hydrogen) atoms. The van der Waals surface area contributed by atoms with E-state index in [2.05, 4.69) is 10.3 Å². The van der Waals surface area contributed by atoms with Crippen molar-refractivity contribution in [3.05, 3.63) is 70.4 Å². The molecule has 0 saturated carbocycles. The summed E-state index contributed by atoms with van der Waals surface area (Å²) in [6.07, 6.45) is 2.03. The highest BCUT2D eigenvalue weighted by atomic mass is 35.5. The second-order valence-corrected chi connectivity index (χ2v) is 9.34. The topological polar surface area (TPSA) is 71.4 Å². The fourth-order valence-corrected chi connectivity index (χ4v) is 5.58. The molecule has 2 aromatic carbocycles. The quantitative estimate of drug-likeness (QED) is 0.551. The maximum atomic E-state index is 13.5. The summed E-state index contributed by atoms with van der Waals surface area (Å²) in [6.45, 7) is 1.86. The summed E-state index contributed by atoms with van der Waals surface area (Å²) in [6, 6.07) is 15.2. The molecule has 2 heterocycles. The lowest BCUT2D eigenvalue weighted by atomic mass is 9.71. The summed E-state index contributed by atoms with van der Waals surface area (Å²) in [4.78, 5) is 35.7. The number of benzene rings is 2. The molecule has 1 aliphatic carbocycles. The molecule has 1 amide bonds. The summed E-state index contributed by atoms with van der Waals surface area (Å²) in [5.74, 6) is -1.16. The summed E-state index contributed by atoms with van der Waals surface area (Å²) in [5, 5.41) is 4.09. The Bertz CT molecular complexity index is 1240. The largest absolute Gasteiger partial charge is 0.301 e. The van der Waals surface area contributed by atoms with Crippen molar-refractivity contribution < 1.29 is 9.59 Å². The van der Waals surface area contributed by atoms with Crippen LogP contribution in [0.2, 0.25) is 5.02 Å². The van der Waals surface area contributed by atoms with Gasteiger partial charge in [-0.2, -0.15) is 0 Å². The number of allylic oxidation sites excluding steroid dienone is 2. The number of amides is 1. The number of anilines is 1. The van der Waals surface area contributed by atoms with Gasteiger partial charge < -0.3 is 5.32 Å². The first-order valence-corrected chi connectivity index (χ1v) is 11.4. The number of thiazole rings is 1. The Morgan fingerprint density at radius 1 is 1.16 bits per heavy atom.